The molecule has 0 amide bonds. The van der Waals surface area contributed by atoms with Gasteiger partial charge in [0.05, 0.1) is 18.1 Å². The highest BCUT2D eigenvalue weighted by atomic mass is 127. The maximum atomic E-state index is 5.64. The van der Waals surface area contributed by atoms with Crippen LogP contribution in [0.3, 0.4) is 0 Å². The first-order valence-electron chi connectivity index (χ1n) is 6.21. The zero-order valence-corrected chi connectivity index (χ0v) is 12.9. The molecule has 1 aromatic heterocycles. The molecule has 0 unspecified atom stereocenters. The van der Waals surface area contributed by atoms with Crippen LogP contribution in [0.2, 0.25) is 0 Å². The van der Waals surface area contributed by atoms with Crippen LogP contribution in [-0.2, 0) is 6.61 Å². The fourth-order valence-corrected chi connectivity index (χ4v) is 1.82. The first-order chi connectivity index (χ1) is 9.28. The van der Waals surface area contributed by atoms with Gasteiger partial charge in [-0.3, -0.25) is 4.98 Å². The molecule has 4 nitrogen and oxygen atoms in total. The summed E-state index contributed by atoms with van der Waals surface area (Å²) in [7, 11) is 0. The van der Waals surface area contributed by atoms with Crippen LogP contribution in [-0.4, -0.2) is 16.5 Å². The Labute approximate surface area is 126 Å². The van der Waals surface area contributed by atoms with Crippen LogP contribution >= 0.6 is 22.6 Å². The van der Waals surface area contributed by atoms with Crippen molar-refractivity contribution in [2.75, 3.05) is 11.9 Å². The third-order valence-electron chi connectivity index (χ3n) is 2.46. The number of hydrogen-bond acceptors (Lipinski definition) is 4. The number of rotatable bonds is 6. The van der Waals surface area contributed by atoms with E-state index in [1.165, 1.54) is 3.57 Å². The van der Waals surface area contributed by atoms with E-state index < -0.39 is 0 Å². The van der Waals surface area contributed by atoms with E-state index in [4.69, 9.17) is 4.74 Å². The monoisotopic (exact) mass is 369 g/mol. The van der Waals surface area contributed by atoms with Crippen molar-refractivity contribution < 1.29 is 4.74 Å². The van der Waals surface area contributed by atoms with Crippen molar-refractivity contribution in [2.45, 2.75) is 20.0 Å². The van der Waals surface area contributed by atoms with Crippen molar-refractivity contribution >= 4 is 28.4 Å². The fraction of sp³-hybridized carbons (Fsp3) is 0.286. The van der Waals surface area contributed by atoms with Gasteiger partial charge in [0, 0.05) is 10.1 Å². The SMILES string of the molecule is CCCNc1cnc(COc2ccc(I)cc2)cn1. The molecule has 0 saturated heterocycles. The molecule has 0 saturated carbocycles. The molecule has 0 aliphatic rings. The Kier molecular flexibility index (Phi) is 5.38. The van der Waals surface area contributed by atoms with Crippen molar-refractivity contribution in [3.63, 3.8) is 0 Å². The summed E-state index contributed by atoms with van der Waals surface area (Å²) < 4.78 is 6.83. The fourth-order valence-electron chi connectivity index (χ4n) is 1.46. The minimum Gasteiger partial charge on any atom is -0.487 e. The topological polar surface area (TPSA) is 47.0 Å². The van der Waals surface area contributed by atoms with Gasteiger partial charge in [-0.05, 0) is 53.3 Å². The minimum absolute atomic E-state index is 0.432. The Morgan fingerprint density at radius 3 is 2.58 bits per heavy atom. The highest BCUT2D eigenvalue weighted by Gasteiger charge is 1.99. The zero-order chi connectivity index (χ0) is 13.5. The molecule has 1 aromatic carbocycles. The third kappa shape index (κ3) is 4.66. The summed E-state index contributed by atoms with van der Waals surface area (Å²) >= 11 is 2.27. The number of nitrogens with zero attached hydrogens (tertiary/aromatic N) is 2. The lowest BCUT2D eigenvalue weighted by Crippen LogP contribution is -2.04. The van der Waals surface area contributed by atoms with Crippen LogP contribution in [0.1, 0.15) is 19.0 Å². The first-order valence-corrected chi connectivity index (χ1v) is 7.29. The minimum atomic E-state index is 0.432. The average molecular weight is 369 g/mol. The molecule has 2 rings (SSSR count). The Bertz CT molecular complexity index is 499. The van der Waals surface area contributed by atoms with Gasteiger partial charge < -0.3 is 10.1 Å². The molecule has 19 heavy (non-hydrogen) atoms. The molecule has 0 radical (unpaired) electrons. The summed E-state index contributed by atoms with van der Waals surface area (Å²) in [6, 6.07) is 7.93. The summed E-state index contributed by atoms with van der Waals surface area (Å²) in [4.78, 5) is 8.60. The van der Waals surface area contributed by atoms with Gasteiger partial charge in [-0.25, -0.2) is 4.98 Å². The van der Waals surface area contributed by atoms with Crippen LogP contribution in [0, 0.1) is 3.57 Å². The van der Waals surface area contributed by atoms with Crippen molar-refractivity contribution in [1.82, 2.24) is 9.97 Å². The largest absolute Gasteiger partial charge is 0.487 e. The van der Waals surface area contributed by atoms with Crippen LogP contribution in [0.4, 0.5) is 5.82 Å². The third-order valence-corrected chi connectivity index (χ3v) is 3.18. The van der Waals surface area contributed by atoms with Gasteiger partial charge in [-0.2, -0.15) is 0 Å². The molecular weight excluding hydrogens is 353 g/mol. The molecule has 0 bridgehead atoms. The number of aromatic nitrogens is 2. The number of benzene rings is 1. The molecule has 2 aromatic rings. The molecular formula is C14H16IN3O. The summed E-state index contributed by atoms with van der Waals surface area (Å²) in [5.74, 6) is 1.65. The smallest absolute Gasteiger partial charge is 0.144 e. The Morgan fingerprint density at radius 2 is 1.95 bits per heavy atom. The zero-order valence-electron chi connectivity index (χ0n) is 10.8. The molecule has 0 atom stereocenters. The summed E-state index contributed by atoms with van der Waals surface area (Å²) in [5.41, 5.74) is 0.820. The van der Waals surface area contributed by atoms with Crippen LogP contribution in [0.25, 0.3) is 0 Å². The van der Waals surface area contributed by atoms with Gasteiger partial charge in [0.25, 0.3) is 0 Å². The highest BCUT2D eigenvalue weighted by Crippen LogP contribution is 2.14. The predicted molar refractivity (Wildman–Crippen MR) is 84.3 cm³/mol. The molecule has 0 spiro atoms. The second-order valence-electron chi connectivity index (χ2n) is 4.06. The van der Waals surface area contributed by atoms with Gasteiger partial charge in [-0.1, -0.05) is 6.92 Å². The molecule has 1 N–H and O–H groups in total. The lowest BCUT2D eigenvalue weighted by atomic mass is 10.3. The Balaban J connectivity index is 1.87. The van der Waals surface area contributed by atoms with E-state index in [1.807, 2.05) is 24.3 Å². The predicted octanol–water partition coefficient (Wildman–Crippen LogP) is 3.48. The Hall–Kier alpha value is -1.37. The summed E-state index contributed by atoms with van der Waals surface area (Å²) in [5, 5.41) is 3.19. The van der Waals surface area contributed by atoms with E-state index in [2.05, 4.69) is 44.8 Å². The van der Waals surface area contributed by atoms with Crippen molar-refractivity contribution in [3.8, 4) is 5.75 Å². The first kappa shape index (κ1) is 14.0. The average Bonchev–Trinajstić information content (AvgIpc) is 2.46. The van der Waals surface area contributed by atoms with Gasteiger partial charge >= 0.3 is 0 Å². The van der Waals surface area contributed by atoms with E-state index in [9.17, 15) is 0 Å². The van der Waals surface area contributed by atoms with Gasteiger partial charge in [0.15, 0.2) is 0 Å². The second kappa shape index (κ2) is 7.28. The standard InChI is InChI=1S/C14H16IN3O/c1-2-7-16-14-9-17-12(8-18-14)10-19-13-5-3-11(15)4-6-13/h3-6,8-9H,2,7,10H2,1H3,(H,16,18). The second-order valence-corrected chi connectivity index (χ2v) is 5.31. The molecule has 1 heterocycles. The van der Waals surface area contributed by atoms with E-state index >= 15 is 0 Å². The quantitative estimate of drug-likeness (QED) is 0.792. The highest BCUT2D eigenvalue weighted by molar-refractivity contribution is 14.1. The number of anilines is 1. The molecule has 5 heteroatoms. The number of hydrogen-bond donors (Lipinski definition) is 1. The maximum absolute atomic E-state index is 5.64. The number of ether oxygens (including phenoxy) is 1. The number of halogens is 1. The lowest BCUT2D eigenvalue weighted by molar-refractivity contribution is 0.301. The molecule has 0 fully saturated rings. The Morgan fingerprint density at radius 1 is 1.16 bits per heavy atom. The van der Waals surface area contributed by atoms with Gasteiger partial charge in [0.1, 0.15) is 18.2 Å². The van der Waals surface area contributed by atoms with Gasteiger partial charge in [-0.15, -0.1) is 0 Å². The van der Waals surface area contributed by atoms with E-state index in [1.54, 1.807) is 12.4 Å². The van der Waals surface area contributed by atoms with Crippen LogP contribution in [0.15, 0.2) is 36.7 Å². The van der Waals surface area contributed by atoms with Crippen molar-refractivity contribution in [2.24, 2.45) is 0 Å². The van der Waals surface area contributed by atoms with Gasteiger partial charge in [0.2, 0.25) is 0 Å². The maximum Gasteiger partial charge on any atom is 0.144 e. The normalized spacial score (nSPS) is 10.2. The lowest BCUT2D eigenvalue weighted by Gasteiger charge is -2.07. The van der Waals surface area contributed by atoms with E-state index in [-0.39, 0.29) is 0 Å². The molecule has 0 aliphatic carbocycles. The van der Waals surface area contributed by atoms with E-state index in [0.29, 0.717) is 6.61 Å². The molecule has 0 aliphatic heterocycles. The molecule has 100 valence electrons. The summed E-state index contributed by atoms with van der Waals surface area (Å²) in [6.45, 7) is 3.46. The summed E-state index contributed by atoms with van der Waals surface area (Å²) in [6.07, 6.45) is 4.55. The van der Waals surface area contributed by atoms with Crippen molar-refractivity contribution in [1.29, 1.82) is 0 Å². The van der Waals surface area contributed by atoms with Crippen LogP contribution in [0.5, 0.6) is 5.75 Å². The van der Waals surface area contributed by atoms with E-state index in [0.717, 1.165) is 30.2 Å². The van der Waals surface area contributed by atoms with Crippen molar-refractivity contribution in [3.05, 3.63) is 45.9 Å². The number of nitrogens with one attached hydrogen (secondary N) is 1. The van der Waals surface area contributed by atoms with Crippen LogP contribution < -0.4 is 10.1 Å².